The van der Waals surface area contributed by atoms with E-state index in [1.54, 1.807) is 0 Å². The number of aliphatic carboxylic acids is 3. The highest BCUT2D eigenvalue weighted by molar-refractivity contribution is 5.88. The molecule has 60 heavy (non-hydrogen) atoms. The molecule has 10 nitrogen and oxygen atoms in total. The molecule has 3 aliphatic rings. The Bertz CT molecular complexity index is 2190. The first kappa shape index (κ1) is 41.6. The van der Waals surface area contributed by atoms with Crippen molar-refractivity contribution in [3.8, 4) is 0 Å². The SMILES string of the molecule is O=C(O)[C@@H](Cc1cccc(CN(Cc2cccc3ccc(C[C@H](C(=O)O)[C@H]4CCNC4)cc23)Cc2cccc3ccc(C[C@H](C(=O)O)[C@H]4CCNC4)cc23)c1)[C@H]1CCNC1. The molecule has 3 saturated heterocycles. The molecule has 3 heterocycles. The number of nitrogens with one attached hydrogen (secondary N) is 3. The van der Waals surface area contributed by atoms with E-state index in [-0.39, 0.29) is 17.8 Å². The van der Waals surface area contributed by atoms with Crippen LogP contribution in [0, 0.1) is 35.5 Å². The van der Waals surface area contributed by atoms with E-state index < -0.39 is 35.7 Å². The molecule has 0 radical (unpaired) electrons. The maximum Gasteiger partial charge on any atom is 0.307 e. The van der Waals surface area contributed by atoms with Crippen molar-refractivity contribution in [2.75, 3.05) is 39.3 Å². The van der Waals surface area contributed by atoms with E-state index in [0.717, 1.165) is 113 Å². The van der Waals surface area contributed by atoms with Crippen LogP contribution in [0.4, 0.5) is 0 Å². The van der Waals surface area contributed by atoms with Crippen molar-refractivity contribution in [3.05, 3.63) is 130 Å². The molecule has 3 fully saturated rings. The lowest BCUT2D eigenvalue weighted by Crippen LogP contribution is -2.27. The van der Waals surface area contributed by atoms with Crippen molar-refractivity contribution in [2.24, 2.45) is 35.5 Å². The Hall–Kier alpha value is -5.13. The molecule has 8 rings (SSSR count). The van der Waals surface area contributed by atoms with Gasteiger partial charge in [0, 0.05) is 19.6 Å². The van der Waals surface area contributed by atoms with Crippen LogP contribution in [0.15, 0.2) is 97.1 Å². The van der Waals surface area contributed by atoms with Gasteiger partial charge in [0.25, 0.3) is 0 Å². The van der Waals surface area contributed by atoms with Crippen molar-refractivity contribution in [1.29, 1.82) is 0 Å². The van der Waals surface area contributed by atoms with Gasteiger partial charge in [-0.05, 0) is 150 Å². The molecule has 0 aliphatic carbocycles. The third-order valence-corrected chi connectivity index (χ3v) is 13.6. The molecule has 0 amide bonds. The van der Waals surface area contributed by atoms with Crippen LogP contribution in [0.2, 0.25) is 0 Å². The highest BCUT2D eigenvalue weighted by Crippen LogP contribution is 2.31. The van der Waals surface area contributed by atoms with E-state index in [0.29, 0.717) is 38.9 Å². The Labute approximate surface area is 352 Å². The Morgan fingerprint density at radius 1 is 0.500 bits per heavy atom. The second kappa shape index (κ2) is 19.1. The molecule has 6 N–H and O–H groups in total. The monoisotopic (exact) mass is 810 g/mol. The molecule has 0 spiro atoms. The predicted octanol–water partition coefficient (Wildman–Crippen LogP) is 6.75. The van der Waals surface area contributed by atoms with Crippen LogP contribution in [0.5, 0.6) is 0 Å². The van der Waals surface area contributed by atoms with Gasteiger partial charge in [0.2, 0.25) is 0 Å². The fourth-order valence-corrected chi connectivity index (χ4v) is 10.3. The molecular formula is C50H58N4O6. The third-order valence-electron chi connectivity index (χ3n) is 13.6. The maximum atomic E-state index is 12.5. The topological polar surface area (TPSA) is 151 Å². The normalized spacial score (nSPS) is 20.8. The van der Waals surface area contributed by atoms with Crippen LogP contribution in [0.25, 0.3) is 21.5 Å². The smallest absolute Gasteiger partial charge is 0.307 e. The van der Waals surface area contributed by atoms with Crippen LogP contribution in [-0.4, -0.2) is 77.4 Å². The first-order valence-corrected chi connectivity index (χ1v) is 21.8. The average Bonchev–Trinajstić information content (AvgIpc) is 4.07. The number of benzene rings is 5. The van der Waals surface area contributed by atoms with Crippen molar-refractivity contribution < 1.29 is 29.7 Å². The van der Waals surface area contributed by atoms with E-state index in [1.807, 2.05) is 12.1 Å². The fourth-order valence-electron chi connectivity index (χ4n) is 10.3. The van der Waals surface area contributed by atoms with Crippen LogP contribution in [0.3, 0.4) is 0 Å². The van der Waals surface area contributed by atoms with Crippen molar-refractivity contribution >= 4 is 39.5 Å². The number of hydrogen-bond acceptors (Lipinski definition) is 7. The van der Waals surface area contributed by atoms with Crippen LogP contribution in [-0.2, 0) is 53.3 Å². The fraction of sp³-hybridized carbons (Fsp3) is 0.420. The van der Waals surface area contributed by atoms with Gasteiger partial charge in [-0.3, -0.25) is 19.3 Å². The van der Waals surface area contributed by atoms with E-state index in [2.05, 4.69) is 106 Å². The summed E-state index contributed by atoms with van der Waals surface area (Å²) >= 11 is 0. The number of carbonyl (C=O) groups is 3. The standard InChI is InChI=1S/C50H58N4O6/c55-48(56)45(38-14-17-51-26-38)23-32-4-1-5-35(20-32)29-54(30-41-8-2-6-36-12-10-33(21-43(36)41)24-46(49(57)58)39-15-18-52-27-39)31-42-9-3-7-37-13-11-34(22-44(37)42)25-47(50(59)60)40-16-19-53-28-40/h1-13,20-22,38-40,45-47,51-53H,14-19,23-31H2,(H,55,56)(H,57,58)(H,59,60)/t38-,39-,40-,45-,46-,47-/m0/s1. The summed E-state index contributed by atoms with van der Waals surface area (Å²) < 4.78 is 0. The van der Waals surface area contributed by atoms with Crippen LogP contribution in [0.1, 0.15) is 52.6 Å². The second-order valence-corrected chi connectivity index (χ2v) is 17.6. The van der Waals surface area contributed by atoms with Gasteiger partial charge < -0.3 is 31.3 Å². The van der Waals surface area contributed by atoms with Gasteiger partial charge >= 0.3 is 17.9 Å². The highest BCUT2D eigenvalue weighted by Gasteiger charge is 2.33. The van der Waals surface area contributed by atoms with Gasteiger partial charge in [0.05, 0.1) is 17.8 Å². The number of hydrogen-bond donors (Lipinski definition) is 6. The number of carboxylic acid groups (broad SMARTS) is 3. The maximum absolute atomic E-state index is 12.5. The summed E-state index contributed by atoms with van der Waals surface area (Å²) in [5.74, 6) is -3.25. The van der Waals surface area contributed by atoms with Gasteiger partial charge in [0.1, 0.15) is 0 Å². The molecule has 0 aromatic heterocycles. The van der Waals surface area contributed by atoms with Gasteiger partial charge in [-0.1, -0.05) is 97.1 Å². The Morgan fingerprint density at radius 3 is 1.30 bits per heavy atom. The number of fused-ring (bicyclic) bond motifs is 2. The zero-order chi connectivity index (χ0) is 41.6. The highest BCUT2D eigenvalue weighted by atomic mass is 16.4. The summed E-state index contributed by atoms with van der Waals surface area (Å²) in [5.41, 5.74) is 6.46. The number of nitrogens with zero attached hydrogens (tertiary/aromatic N) is 1. The quantitative estimate of drug-likeness (QED) is 0.0561. The Morgan fingerprint density at radius 2 is 0.900 bits per heavy atom. The van der Waals surface area contributed by atoms with Crippen LogP contribution >= 0.6 is 0 Å². The molecule has 0 unspecified atom stereocenters. The lowest BCUT2D eigenvalue weighted by atomic mass is 9.85. The first-order chi connectivity index (χ1) is 29.2. The lowest BCUT2D eigenvalue weighted by Gasteiger charge is -2.25. The van der Waals surface area contributed by atoms with Crippen molar-refractivity contribution in [3.63, 3.8) is 0 Å². The third kappa shape index (κ3) is 9.90. The molecule has 3 aliphatic heterocycles. The second-order valence-electron chi connectivity index (χ2n) is 17.6. The summed E-state index contributed by atoms with van der Waals surface area (Å²) in [4.78, 5) is 39.8. The summed E-state index contributed by atoms with van der Waals surface area (Å²) in [6.07, 6.45) is 4.05. The molecule has 10 heteroatoms. The largest absolute Gasteiger partial charge is 0.481 e. The van der Waals surface area contributed by atoms with Gasteiger partial charge in [-0.2, -0.15) is 0 Å². The molecule has 5 aromatic rings. The minimum Gasteiger partial charge on any atom is -0.481 e. The van der Waals surface area contributed by atoms with Gasteiger partial charge in [-0.25, -0.2) is 0 Å². The van der Waals surface area contributed by atoms with Crippen LogP contribution < -0.4 is 16.0 Å². The lowest BCUT2D eigenvalue weighted by molar-refractivity contribution is -0.144. The van der Waals surface area contributed by atoms with E-state index in [9.17, 15) is 29.7 Å². The van der Waals surface area contributed by atoms with Crippen molar-refractivity contribution in [2.45, 2.75) is 58.2 Å². The number of carboxylic acids is 3. The summed E-state index contributed by atoms with van der Waals surface area (Å²) in [5, 5.41) is 45.1. The zero-order valence-electron chi connectivity index (χ0n) is 34.3. The Balaban J connectivity index is 1.12. The molecule has 6 atom stereocenters. The average molecular weight is 811 g/mol. The van der Waals surface area contributed by atoms with Crippen molar-refractivity contribution in [1.82, 2.24) is 20.9 Å². The molecule has 0 saturated carbocycles. The minimum atomic E-state index is -0.745. The molecule has 314 valence electrons. The summed E-state index contributed by atoms with van der Waals surface area (Å²) in [7, 11) is 0. The van der Waals surface area contributed by atoms with E-state index in [1.165, 1.54) is 0 Å². The van der Waals surface area contributed by atoms with Gasteiger partial charge in [-0.15, -0.1) is 0 Å². The predicted molar refractivity (Wildman–Crippen MR) is 235 cm³/mol. The summed E-state index contributed by atoms with van der Waals surface area (Å²) in [6.45, 7) is 6.61. The van der Waals surface area contributed by atoms with Gasteiger partial charge in [0.15, 0.2) is 0 Å². The summed E-state index contributed by atoms with van der Waals surface area (Å²) in [6, 6.07) is 33.9. The minimum absolute atomic E-state index is 0.108. The first-order valence-electron chi connectivity index (χ1n) is 21.8. The van der Waals surface area contributed by atoms with E-state index in [4.69, 9.17) is 0 Å². The molecule has 5 aromatic carbocycles. The molecule has 0 bridgehead atoms. The van der Waals surface area contributed by atoms with E-state index >= 15 is 0 Å². The number of rotatable bonds is 18. The Kier molecular flexibility index (Phi) is 13.2. The molecular weight excluding hydrogens is 753 g/mol. The zero-order valence-corrected chi connectivity index (χ0v) is 34.3.